The molecular weight excluding hydrogens is 214 g/mol. The summed E-state index contributed by atoms with van der Waals surface area (Å²) in [4.78, 5) is 10.7. The third-order valence-corrected chi connectivity index (χ3v) is 2.66. The molecule has 0 saturated heterocycles. The van der Waals surface area contributed by atoms with Gasteiger partial charge in [0.1, 0.15) is 0 Å². The van der Waals surface area contributed by atoms with Crippen LogP contribution in [0.5, 0.6) is 0 Å². The van der Waals surface area contributed by atoms with Gasteiger partial charge in [-0.05, 0) is 37.5 Å². The second-order valence-corrected chi connectivity index (χ2v) is 4.15. The summed E-state index contributed by atoms with van der Waals surface area (Å²) in [5.74, 6) is -0.885. The molecule has 1 aromatic carbocycles. The van der Waals surface area contributed by atoms with Gasteiger partial charge in [-0.2, -0.15) is 0 Å². The zero-order valence-electron chi connectivity index (χ0n) is 10.1. The standard InChI is InChI=1S/C14H19NO2/c1-3-4-5-11(2)15-10-12-6-8-13(9-7-12)14(16)17/h3,6-9,11,15H,1,4-5,10H2,2H3,(H,16,17). The first kappa shape index (κ1) is 13.5. The Morgan fingerprint density at radius 3 is 2.65 bits per heavy atom. The lowest BCUT2D eigenvalue weighted by Gasteiger charge is -2.12. The minimum Gasteiger partial charge on any atom is -0.478 e. The van der Waals surface area contributed by atoms with Crippen LogP contribution >= 0.6 is 0 Å². The molecule has 2 N–H and O–H groups in total. The van der Waals surface area contributed by atoms with Crippen LogP contribution in [-0.4, -0.2) is 17.1 Å². The lowest BCUT2D eigenvalue weighted by atomic mass is 10.1. The molecule has 0 aliphatic heterocycles. The van der Waals surface area contributed by atoms with Crippen LogP contribution in [0.25, 0.3) is 0 Å². The number of carbonyl (C=O) groups is 1. The predicted molar refractivity (Wildman–Crippen MR) is 69.1 cm³/mol. The molecule has 0 saturated carbocycles. The highest BCUT2D eigenvalue weighted by molar-refractivity contribution is 5.87. The lowest BCUT2D eigenvalue weighted by Crippen LogP contribution is -2.25. The van der Waals surface area contributed by atoms with Crippen molar-refractivity contribution in [1.29, 1.82) is 0 Å². The minimum atomic E-state index is -0.885. The monoisotopic (exact) mass is 233 g/mol. The van der Waals surface area contributed by atoms with Crippen molar-refractivity contribution in [3.63, 3.8) is 0 Å². The molecule has 1 unspecified atom stereocenters. The molecule has 0 fully saturated rings. The number of nitrogens with one attached hydrogen (secondary N) is 1. The zero-order chi connectivity index (χ0) is 12.7. The summed E-state index contributed by atoms with van der Waals surface area (Å²) in [5.41, 5.74) is 1.42. The van der Waals surface area contributed by atoms with Crippen LogP contribution < -0.4 is 5.32 Å². The van der Waals surface area contributed by atoms with E-state index >= 15 is 0 Å². The van der Waals surface area contributed by atoms with Gasteiger partial charge >= 0.3 is 5.97 Å². The molecule has 0 spiro atoms. The van der Waals surface area contributed by atoms with Crippen LogP contribution in [0.4, 0.5) is 0 Å². The van der Waals surface area contributed by atoms with Crippen molar-refractivity contribution in [2.24, 2.45) is 0 Å². The fraction of sp³-hybridized carbons (Fsp3) is 0.357. The number of rotatable bonds is 7. The number of hydrogen-bond acceptors (Lipinski definition) is 2. The first-order valence-corrected chi connectivity index (χ1v) is 5.80. The molecular formula is C14H19NO2. The zero-order valence-corrected chi connectivity index (χ0v) is 10.1. The molecule has 0 radical (unpaired) electrons. The van der Waals surface area contributed by atoms with Crippen molar-refractivity contribution >= 4 is 5.97 Å². The normalized spacial score (nSPS) is 12.1. The van der Waals surface area contributed by atoms with Gasteiger partial charge in [0.25, 0.3) is 0 Å². The Kier molecular flexibility index (Phi) is 5.43. The van der Waals surface area contributed by atoms with Gasteiger partial charge in [-0.15, -0.1) is 6.58 Å². The average molecular weight is 233 g/mol. The number of carboxylic acid groups (broad SMARTS) is 1. The van der Waals surface area contributed by atoms with Gasteiger partial charge in [-0.25, -0.2) is 4.79 Å². The highest BCUT2D eigenvalue weighted by atomic mass is 16.4. The molecule has 0 bridgehead atoms. The lowest BCUT2D eigenvalue weighted by molar-refractivity contribution is 0.0697. The SMILES string of the molecule is C=CCCC(C)NCc1ccc(C(=O)O)cc1. The maximum Gasteiger partial charge on any atom is 0.335 e. The van der Waals surface area contributed by atoms with Crippen molar-refractivity contribution < 1.29 is 9.90 Å². The van der Waals surface area contributed by atoms with E-state index in [0.29, 0.717) is 11.6 Å². The van der Waals surface area contributed by atoms with Crippen LogP contribution in [0.1, 0.15) is 35.7 Å². The van der Waals surface area contributed by atoms with E-state index < -0.39 is 5.97 Å². The Hall–Kier alpha value is -1.61. The molecule has 1 atom stereocenters. The van der Waals surface area contributed by atoms with Crippen molar-refractivity contribution in [2.75, 3.05) is 0 Å². The molecule has 1 rings (SSSR count). The van der Waals surface area contributed by atoms with Gasteiger partial charge in [0.05, 0.1) is 5.56 Å². The maximum atomic E-state index is 10.7. The van der Waals surface area contributed by atoms with Gasteiger partial charge in [0, 0.05) is 12.6 Å². The van der Waals surface area contributed by atoms with Gasteiger partial charge in [-0.3, -0.25) is 0 Å². The summed E-state index contributed by atoms with van der Waals surface area (Å²) in [6.07, 6.45) is 3.99. The van der Waals surface area contributed by atoms with Crippen molar-refractivity contribution in [3.8, 4) is 0 Å². The Bertz CT molecular complexity index is 370. The van der Waals surface area contributed by atoms with Crippen LogP contribution in [0.15, 0.2) is 36.9 Å². The Morgan fingerprint density at radius 1 is 1.47 bits per heavy atom. The smallest absolute Gasteiger partial charge is 0.335 e. The first-order chi connectivity index (χ1) is 8.13. The molecule has 3 heteroatoms. The maximum absolute atomic E-state index is 10.7. The number of carboxylic acids is 1. The minimum absolute atomic E-state index is 0.327. The average Bonchev–Trinajstić information content (AvgIpc) is 2.34. The fourth-order valence-electron chi connectivity index (χ4n) is 1.53. The third kappa shape index (κ3) is 4.83. The number of aromatic carboxylic acids is 1. The van der Waals surface area contributed by atoms with Crippen molar-refractivity contribution in [2.45, 2.75) is 32.4 Å². The molecule has 0 amide bonds. The summed E-state index contributed by atoms with van der Waals surface area (Å²) in [7, 11) is 0. The molecule has 3 nitrogen and oxygen atoms in total. The second kappa shape index (κ2) is 6.86. The number of allylic oxidation sites excluding steroid dienone is 1. The van der Waals surface area contributed by atoms with E-state index in [1.54, 1.807) is 12.1 Å². The molecule has 0 aliphatic rings. The highest BCUT2D eigenvalue weighted by Gasteiger charge is 2.03. The highest BCUT2D eigenvalue weighted by Crippen LogP contribution is 2.05. The summed E-state index contributed by atoms with van der Waals surface area (Å²) >= 11 is 0. The van der Waals surface area contributed by atoms with Gasteiger partial charge in [-0.1, -0.05) is 18.2 Å². The number of hydrogen-bond donors (Lipinski definition) is 2. The molecule has 17 heavy (non-hydrogen) atoms. The van der Waals surface area contributed by atoms with Crippen molar-refractivity contribution in [3.05, 3.63) is 48.0 Å². The topological polar surface area (TPSA) is 49.3 Å². The predicted octanol–water partition coefficient (Wildman–Crippen LogP) is 2.83. The summed E-state index contributed by atoms with van der Waals surface area (Å²) in [6, 6.07) is 7.39. The van der Waals surface area contributed by atoms with E-state index in [9.17, 15) is 4.79 Å². The Balaban J connectivity index is 2.41. The molecule has 0 heterocycles. The van der Waals surface area contributed by atoms with Gasteiger partial charge in [0.15, 0.2) is 0 Å². The van der Waals surface area contributed by atoms with Gasteiger partial charge < -0.3 is 10.4 Å². The van der Waals surface area contributed by atoms with E-state index in [2.05, 4.69) is 18.8 Å². The largest absolute Gasteiger partial charge is 0.478 e. The van der Waals surface area contributed by atoms with Gasteiger partial charge in [0.2, 0.25) is 0 Å². The van der Waals surface area contributed by atoms with E-state index in [1.165, 1.54) is 0 Å². The van der Waals surface area contributed by atoms with Crippen LogP contribution in [0, 0.1) is 0 Å². The second-order valence-electron chi connectivity index (χ2n) is 4.15. The molecule has 92 valence electrons. The van der Waals surface area contributed by atoms with Crippen LogP contribution in [0.3, 0.4) is 0 Å². The van der Waals surface area contributed by atoms with Crippen molar-refractivity contribution in [1.82, 2.24) is 5.32 Å². The molecule has 0 aromatic heterocycles. The summed E-state index contributed by atoms with van der Waals surface area (Å²) < 4.78 is 0. The third-order valence-electron chi connectivity index (χ3n) is 2.66. The fourth-order valence-corrected chi connectivity index (χ4v) is 1.53. The Morgan fingerprint density at radius 2 is 2.12 bits per heavy atom. The van der Waals surface area contributed by atoms with E-state index in [-0.39, 0.29) is 0 Å². The first-order valence-electron chi connectivity index (χ1n) is 5.80. The number of benzene rings is 1. The van der Waals surface area contributed by atoms with Crippen LogP contribution in [-0.2, 0) is 6.54 Å². The Labute approximate surface area is 102 Å². The summed E-state index contributed by atoms with van der Waals surface area (Å²) in [6.45, 7) is 6.59. The van der Waals surface area contributed by atoms with E-state index in [4.69, 9.17) is 5.11 Å². The summed E-state index contributed by atoms with van der Waals surface area (Å²) in [5, 5.41) is 12.2. The van der Waals surface area contributed by atoms with E-state index in [0.717, 1.165) is 24.9 Å². The molecule has 0 aliphatic carbocycles. The molecule has 1 aromatic rings. The van der Waals surface area contributed by atoms with E-state index in [1.807, 2.05) is 18.2 Å². The quantitative estimate of drug-likeness (QED) is 0.712. The van der Waals surface area contributed by atoms with Crippen LogP contribution in [0.2, 0.25) is 0 Å².